The number of hydrogen-bond acceptors (Lipinski definition) is 0. The van der Waals surface area contributed by atoms with Gasteiger partial charge in [-0.25, -0.2) is 0 Å². The third-order valence-electron chi connectivity index (χ3n) is 5.04. The smallest absolute Gasteiger partial charge is 0.0131 e. The van der Waals surface area contributed by atoms with Gasteiger partial charge in [0.05, 0.1) is 0 Å². The summed E-state index contributed by atoms with van der Waals surface area (Å²) in [5.41, 5.74) is 9.68. The van der Waals surface area contributed by atoms with Gasteiger partial charge in [0.2, 0.25) is 0 Å². The molecule has 0 radical (unpaired) electrons. The van der Waals surface area contributed by atoms with E-state index in [1.54, 1.807) is 16.7 Å². The Kier molecular flexibility index (Phi) is 2.57. The van der Waals surface area contributed by atoms with Crippen molar-refractivity contribution in [1.82, 2.24) is 0 Å². The van der Waals surface area contributed by atoms with Crippen LogP contribution in [0.3, 0.4) is 0 Å². The van der Waals surface area contributed by atoms with E-state index in [4.69, 9.17) is 0 Å². The van der Waals surface area contributed by atoms with Crippen LogP contribution in [0.2, 0.25) is 0 Å². The van der Waals surface area contributed by atoms with Gasteiger partial charge in [-0.1, -0.05) is 55.9 Å². The molecule has 0 nitrogen and oxygen atoms in total. The molecular formula is C20H22. The van der Waals surface area contributed by atoms with E-state index in [1.807, 2.05) is 0 Å². The van der Waals surface area contributed by atoms with Gasteiger partial charge in [0.1, 0.15) is 0 Å². The average Bonchev–Trinajstić information content (AvgIpc) is 2.45. The average molecular weight is 262 g/mol. The minimum Gasteiger partial charge on any atom is -0.0836 e. The third-order valence-corrected chi connectivity index (χ3v) is 5.04. The molecule has 0 unspecified atom stereocenters. The van der Waals surface area contributed by atoms with E-state index in [1.165, 1.54) is 48.8 Å². The van der Waals surface area contributed by atoms with Crippen molar-refractivity contribution in [2.75, 3.05) is 0 Å². The molecule has 0 aromatic heterocycles. The van der Waals surface area contributed by atoms with Gasteiger partial charge in [0.25, 0.3) is 0 Å². The van der Waals surface area contributed by atoms with Crippen molar-refractivity contribution in [3.8, 4) is 0 Å². The minimum atomic E-state index is 0.311. The maximum Gasteiger partial charge on any atom is -0.0131 e. The minimum absolute atomic E-state index is 0.311. The van der Waals surface area contributed by atoms with Crippen LogP contribution in [0.4, 0.5) is 0 Å². The van der Waals surface area contributed by atoms with Gasteiger partial charge >= 0.3 is 0 Å². The Morgan fingerprint density at radius 3 is 2.80 bits per heavy atom. The molecule has 1 aromatic rings. The van der Waals surface area contributed by atoms with Crippen molar-refractivity contribution >= 4 is 11.6 Å². The van der Waals surface area contributed by atoms with Gasteiger partial charge in [-0.3, -0.25) is 0 Å². The van der Waals surface area contributed by atoms with Crippen molar-refractivity contribution in [1.29, 1.82) is 0 Å². The molecule has 20 heavy (non-hydrogen) atoms. The number of benzene rings is 1. The Labute approximate surface area is 121 Å². The molecule has 0 N–H and O–H groups in total. The molecule has 0 saturated heterocycles. The van der Waals surface area contributed by atoms with Crippen molar-refractivity contribution in [2.45, 2.75) is 46.0 Å². The highest BCUT2D eigenvalue weighted by atomic mass is 14.3. The first-order valence-corrected chi connectivity index (χ1v) is 7.87. The van der Waals surface area contributed by atoms with Crippen LogP contribution in [0.1, 0.15) is 55.4 Å². The van der Waals surface area contributed by atoms with Gasteiger partial charge in [-0.15, -0.1) is 0 Å². The zero-order valence-electron chi connectivity index (χ0n) is 12.5. The summed E-state index contributed by atoms with van der Waals surface area (Å²) in [6.45, 7) is 4.66. The maximum absolute atomic E-state index is 2.40. The summed E-state index contributed by atoms with van der Waals surface area (Å²) in [5, 5.41) is 0. The van der Waals surface area contributed by atoms with Crippen LogP contribution >= 0.6 is 0 Å². The molecule has 0 bridgehead atoms. The first-order chi connectivity index (χ1) is 9.64. The van der Waals surface area contributed by atoms with Crippen molar-refractivity contribution < 1.29 is 0 Å². The van der Waals surface area contributed by atoms with Crippen LogP contribution in [0, 0.1) is 5.41 Å². The van der Waals surface area contributed by atoms with E-state index in [9.17, 15) is 0 Å². The highest BCUT2D eigenvalue weighted by Gasteiger charge is 2.26. The van der Waals surface area contributed by atoms with Crippen molar-refractivity contribution in [3.05, 3.63) is 58.2 Å². The molecule has 0 aliphatic heterocycles. The first kappa shape index (κ1) is 12.2. The molecule has 0 saturated carbocycles. The summed E-state index contributed by atoms with van der Waals surface area (Å²) >= 11 is 0. The summed E-state index contributed by atoms with van der Waals surface area (Å²) < 4.78 is 0. The Hall–Kier alpha value is -1.56. The lowest BCUT2D eigenvalue weighted by molar-refractivity contribution is 0.474. The quantitative estimate of drug-likeness (QED) is 0.592. The standard InChI is InChI=1S/C20H22/c1-20(2)12-11-17-15(13-20)8-10-18-16-6-4-3-5-14(16)7-9-19(17)18/h4,6,8,10-12H,3,5,7,9,13H2,1-2H3. The van der Waals surface area contributed by atoms with Crippen LogP contribution in [-0.2, 0) is 12.8 Å². The molecule has 0 heteroatoms. The number of rotatable bonds is 0. The zero-order valence-corrected chi connectivity index (χ0v) is 12.5. The summed E-state index contributed by atoms with van der Waals surface area (Å²) in [6.07, 6.45) is 15.7. The highest BCUT2D eigenvalue weighted by Crippen LogP contribution is 2.42. The number of hydrogen-bond donors (Lipinski definition) is 0. The second-order valence-corrected chi connectivity index (χ2v) is 7.12. The van der Waals surface area contributed by atoms with Crippen LogP contribution in [0.15, 0.2) is 35.9 Å². The zero-order chi connectivity index (χ0) is 13.7. The molecule has 102 valence electrons. The predicted molar refractivity (Wildman–Crippen MR) is 86.6 cm³/mol. The molecule has 3 aliphatic carbocycles. The van der Waals surface area contributed by atoms with E-state index in [-0.39, 0.29) is 0 Å². The maximum atomic E-state index is 2.40. The van der Waals surface area contributed by atoms with E-state index >= 15 is 0 Å². The molecule has 0 amide bonds. The summed E-state index contributed by atoms with van der Waals surface area (Å²) in [5.74, 6) is 0. The van der Waals surface area contributed by atoms with E-state index < -0.39 is 0 Å². The monoisotopic (exact) mass is 262 g/mol. The van der Waals surface area contributed by atoms with Crippen LogP contribution in [0.25, 0.3) is 11.6 Å². The fraction of sp³-hybridized carbons (Fsp3) is 0.400. The fourth-order valence-electron chi connectivity index (χ4n) is 3.98. The lowest BCUT2D eigenvalue weighted by atomic mass is 9.73. The van der Waals surface area contributed by atoms with E-state index in [0.29, 0.717) is 5.41 Å². The summed E-state index contributed by atoms with van der Waals surface area (Å²) in [4.78, 5) is 0. The van der Waals surface area contributed by atoms with Crippen LogP contribution in [0.5, 0.6) is 0 Å². The lowest BCUT2D eigenvalue weighted by Gasteiger charge is -2.31. The SMILES string of the molecule is CC1(C)C=Cc2c(ccc3c2CCC2=C3C=CCC2)C1. The van der Waals surface area contributed by atoms with Gasteiger partial charge in [-0.05, 0) is 65.3 Å². The second kappa shape index (κ2) is 4.22. The molecule has 0 atom stereocenters. The Balaban J connectivity index is 1.88. The highest BCUT2D eigenvalue weighted by molar-refractivity contribution is 5.84. The van der Waals surface area contributed by atoms with Gasteiger partial charge in [-0.2, -0.15) is 0 Å². The number of allylic oxidation sites excluding steroid dienone is 5. The molecule has 4 rings (SSSR count). The second-order valence-electron chi connectivity index (χ2n) is 7.12. The Morgan fingerprint density at radius 2 is 1.90 bits per heavy atom. The van der Waals surface area contributed by atoms with Gasteiger partial charge in [0.15, 0.2) is 0 Å². The van der Waals surface area contributed by atoms with Gasteiger partial charge < -0.3 is 0 Å². The fourth-order valence-corrected chi connectivity index (χ4v) is 3.98. The molecule has 0 fully saturated rings. The lowest BCUT2D eigenvalue weighted by Crippen LogP contribution is -2.18. The first-order valence-electron chi connectivity index (χ1n) is 7.87. The third kappa shape index (κ3) is 1.82. The van der Waals surface area contributed by atoms with E-state index in [2.05, 4.69) is 50.3 Å². The Morgan fingerprint density at radius 1 is 1.00 bits per heavy atom. The number of fused-ring (bicyclic) bond motifs is 4. The van der Waals surface area contributed by atoms with Crippen LogP contribution in [-0.4, -0.2) is 0 Å². The van der Waals surface area contributed by atoms with Crippen molar-refractivity contribution in [2.24, 2.45) is 5.41 Å². The topological polar surface area (TPSA) is 0 Å². The van der Waals surface area contributed by atoms with Gasteiger partial charge in [0, 0.05) is 0 Å². The summed E-state index contributed by atoms with van der Waals surface area (Å²) in [6, 6.07) is 4.76. The van der Waals surface area contributed by atoms with Crippen molar-refractivity contribution in [3.63, 3.8) is 0 Å². The molecule has 0 spiro atoms. The largest absolute Gasteiger partial charge is 0.0836 e. The molecule has 3 aliphatic rings. The molecule has 0 heterocycles. The van der Waals surface area contributed by atoms with Crippen LogP contribution < -0.4 is 0 Å². The molecule has 1 aromatic carbocycles. The summed E-state index contributed by atoms with van der Waals surface area (Å²) in [7, 11) is 0. The normalized spacial score (nSPS) is 22.3. The van der Waals surface area contributed by atoms with E-state index in [0.717, 1.165) is 0 Å². The molecular weight excluding hydrogens is 240 g/mol. The Bertz CT molecular complexity index is 666. The predicted octanol–water partition coefficient (Wildman–Crippen LogP) is 5.33.